The molecule has 1 heterocycles. The lowest BCUT2D eigenvalue weighted by molar-refractivity contribution is 0.0191. The molecule has 1 aliphatic heterocycles. The lowest BCUT2D eigenvalue weighted by atomic mass is 9.93. The molecular formula is C23H29BrN2O2. The third kappa shape index (κ3) is 4.41. The summed E-state index contributed by atoms with van der Waals surface area (Å²) in [6.07, 6.45) is 3.12. The van der Waals surface area contributed by atoms with Crippen molar-refractivity contribution in [2.24, 2.45) is 0 Å². The number of nitrogens with one attached hydrogen (secondary N) is 1. The van der Waals surface area contributed by atoms with Crippen molar-refractivity contribution < 1.29 is 9.53 Å². The van der Waals surface area contributed by atoms with Crippen LogP contribution in [0.2, 0.25) is 0 Å². The SMILES string of the molecule is CCCCC1Nc2ccc(C(C)(C)OC)cc2C(=O)N1Cc1ccc(Br)cc1. The van der Waals surface area contributed by atoms with Crippen molar-refractivity contribution in [1.29, 1.82) is 0 Å². The van der Waals surface area contributed by atoms with Gasteiger partial charge in [-0.1, -0.05) is 47.5 Å². The molecule has 3 rings (SSSR count). The van der Waals surface area contributed by atoms with Gasteiger partial charge in [0, 0.05) is 23.8 Å². The molecule has 28 heavy (non-hydrogen) atoms. The molecule has 0 fully saturated rings. The van der Waals surface area contributed by atoms with E-state index in [0.29, 0.717) is 12.1 Å². The number of nitrogens with zero attached hydrogens (tertiary/aromatic N) is 1. The first-order valence-corrected chi connectivity index (χ1v) is 10.7. The van der Waals surface area contributed by atoms with Crippen LogP contribution in [0.1, 0.15) is 61.5 Å². The zero-order valence-electron chi connectivity index (χ0n) is 17.1. The highest BCUT2D eigenvalue weighted by Crippen LogP contribution is 2.33. The monoisotopic (exact) mass is 444 g/mol. The van der Waals surface area contributed by atoms with E-state index in [9.17, 15) is 4.79 Å². The normalized spacial score (nSPS) is 16.7. The van der Waals surface area contributed by atoms with Gasteiger partial charge in [0.2, 0.25) is 0 Å². The van der Waals surface area contributed by atoms with Crippen LogP contribution < -0.4 is 5.32 Å². The summed E-state index contributed by atoms with van der Waals surface area (Å²) < 4.78 is 6.65. The highest BCUT2D eigenvalue weighted by Gasteiger charge is 2.33. The Morgan fingerprint density at radius 3 is 2.54 bits per heavy atom. The van der Waals surface area contributed by atoms with E-state index in [0.717, 1.165) is 40.5 Å². The largest absolute Gasteiger partial charge is 0.374 e. The van der Waals surface area contributed by atoms with Gasteiger partial charge in [-0.05, 0) is 62.1 Å². The van der Waals surface area contributed by atoms with Gasteiger partial charge in [-0.25, -0.2) is 0 Å². The molecule has 0 spiro atoms. The molecule has 2 aromatic carbocycles. The highest BCUT2D eigenvalue weighted by molar-refractivity contribution is 9.10. The molecule has 1 atom stereocenters. The summed E-state index contributed by atoms with van der Waals surface area (Å²) >= 11 is 3.48. The number of amides is 1. The van der Waals surface area contributed by atoms with Crippen molar-refractivity contribution >= 4 is 27.5 Å². The van der Waals surface area contributed by atoms with Crippen LogP contribution in [0.15, 0.2) is 46.9 Å². The standard InChI is InChI=1S/C23H29BrN2O2/c1-5-6-7-21-25-20-13-10-17(23(2,3)28-4)14-19(20)22(27)26(21)15-16-8-11-18(24)12-9-16/h8-14,21,25H,5-7,15H2,1-4H3. The minimum atomic E-state index is -0.440. The number of ether oxygens (including phenoxy) is 1. The number of fused-ring (bicyclic) bond motifs is 1. The predicted molar refractivity (Wildman–Crippen MR) is 117 cm³/mol. The van der Waals surface area contributed by atoms with Crippen LogP contribution in [-0.4, -0.2) is 24.1 Å². The number of benzene rings is 2. The minimum absolute atomic E-state index is 0.00452. The van der Waals surface area contributed by atoms with Crippen LogP contribution in [0.4, 0.5) is 5.69 Å². The van der Waals surface area contributed by atoms with E-state index in [2.05, 4.69) is 40.3 Å². The van der Waals surface area contributed by atoms with E-state index in [1.807, 2.05) is 49.1 Å². The number of halogens is 1. The molecule has 1 amide bonds. The topological polar surface area (TPSA) is 41.6 Å². The number of unbranched alkanes of at least 4 members (excludes halogenated alkanes) is 1. The molecule has 0 saturated heterocycles. The van der Waals surface area contributed by atoms with Gasteiger partial charge in [0.1, 0.15) is 6.17 Å². The second-order valence-electron chi connectivity index (χ2n) is 7.84. The molecule has 1 unspecified atom stereocenters. The molecule has 0 radical (unpaired) electrons. The summed E-state index contributed by atoms with van der Waals surface area (Å²) in [4.78, 5) is 15.4. The maximum absolute atomic E-state index is 13.5. The Kier molecular flexibility index (Phi) is 6.46. The van der Waals surface area contributed by atoms with E-state index in [1.165, 1.54) is 0 Å². The summed E-state index contributed by atoms with van der Waals surface area (Å²) in [6.45, 7) is 6.79. The molecule has 1 aliphatic rings. The number of rotatable bonds is 7. The molecule has 4 nitrogen and oxygen atoms in total. The molecule has 150 valence electrons. The zero-order chi connectivity index (χ0) is 20.3. The number of carbonyl (C=O) groups excluding carboxylic acids is 1. The third-order valence-electron chi connectivity index (χ3n) is 5.51. The number of hydrogen-bond donors (Lipinski definition) is 1. The number of carbonyl (C=O) groups is 1. The lowest BCUT2D eigenvalue weighted by Crippen LogP contribution is -2.48. The van der Waals surface area contributed by atoms with Gasteiger partial charge in [-0.15, -0.1) is 0 Å². The Morgan fingerprint density at radius 2 is 1.89 bits per heavy atom. The molecule has 0 aromatic heterocycles. The first-order valence-electron chi connectivity index (χ1n) is 9.87. The average Bonchev–Trinajstić information content (AvgIpc) is 2.70. The summed E-state index contributed by atoms with van der Waals surface area (Å²) in [5.74, 6) is 0.0755. The summed E-state index contributed by atoms with van der Waals surface area (Å²) in [7, 11) is 1.69. The van der Waals surface area contributed by atoms with Crippen molar-refractivity contribution in [2.75, 3.05) is 12.4 Å². The second kappa shape index (κ2) is 8.66. The summed E-state index contributed by atoms with van der Waals surface area (Å²) in [5, 5.41) is 3.60. The predicted octanol–water partition coefficient (Wildman–Crippen LogP) is 5.91. The van der Waals surface area contributed by atoms with Gasteiger partial charge in [0.25, 0.3) is 5.91 Å². The molecule has 1 N–H and O–H groups in total. The van der Waals surface area contributed by atoms with Gasteiger partial charge in [-0.3, -0.25) is 4.79 Å². The zero-order valence-corrected chi connectivity index (χ0v) is 18.7. The van der Waals surface area contributed by atoms with Crippen LogP contribution >= 0.6 is 15.9 Å². The van der Waals surface area contributed by atoms with E-state index in [-0.39, 0.29) is 12.1 Å². The fraction of sp³-hybridized carbons (Fsp3) is 0.435. The second-order valence-corrected chi connectivity index (χ2v) is 8.75. The van der Waals surface area contributed by atoms with Crippen molar-refractivity contribution in [3.05, 3.63) is 63.6 Å². The fourth-order valence-corrected chi connectivity index (χ4v) is 3.75. The first-order chi connectivity index (χ1) is 13.4. The molecule has 0 aliphatic carbocycles. The van der Waals surface area contributed by atoms with Crippen LogP contribution in [0.25, 0.3) is 0 Å². The van der Waals surface area contributed by atoms with Crippen LogP contribution in [0.3, 0.4) is 0 Å². The molecule has 2 aromatic rings. The Balaban J connectivity index is 1.94. The van der Waals surface area contributed by atoms with Gasteiger partial charge >= 0.3 is 0 Å². The quantitative estimate of drug-likeness (QED) is 0.576. The van der Waals surface area contributed by atoms with Crippen molar-refractivity contribution in [1.82, 2.24) is 4.90 Å². The molecule has 0 bridgehead atoms. The summed E-state index contributed by atoms with van der Waals surface area (Å²) in [6, 6.07) is 14.2. The maximum atomic E-state index is 13.5. The molecular weight excluding hydrogens is 416 g/mol. The smallest absolute Gasteiger partial charge is 0.257 e. The highest BCUT2D eigenvalue weighted by atomic mass is 79.9. The van der Waals surface area contributed by atoms with E-state index in [1.54, 1.807) is 7.11 Å². The van der Waals surface area contributed by atoms with Crippen LogP contribution in [0, 0.1) is 0 Å². The Morgan fingerprint density at radius 1 is 1.18 bits per heavy atom. The number of methoxy groups -OCH3 is 1. The Hall–Kier alpha value is -1.85. The molecule has 5 heteroatoms. The Bertz CT molecular complexity index is 833. The minimum Gasteiger partial charge on any atom is -0.374 e. The van der Waals surface area contributed by atoms with Crippen LogP contribution in [-0.2, 0) is 16.9 Å². The van der Waals surface area contributed by atoms with Gasteiger partial charge in [0.05, 0.1) is 11.2 Å². The number of hydrogen-bond acceptors (Lipinski definition) is 3. The van der Waals surface area contributed by atoms with Gasteiger partial charge in [-0.2, -0.15) is 0 Å². The van der Waals surface area contributed by atoms with E-state index < -0.39 is 5.60 Å². The molecule has 0 saturated carbocycles. The Labute approximate surface area is 176 Å². The number of anilines is 1. The van der Waals surface area contributed by atoms with Gasteiger partial charge in [0.15, 0.2) is 0 Å². The lowest BCUT2D eigenvalue weighted by Gasteiger charge is -2.39. The van der Waals surface area contributed by atoms with Crippen molar-refractivity contribution in [3.63, 3.8) is 0 Å². The average molecular weight is 445 g/mol. The van der Waals surface area contributed by atoms with Gasteiger partial charge < -0.3 is 15.0 Å². The summed E-state index contributed by atoms with van der Waals surface area (Å²) in [5.41, 5.74) is 3.31. The van der Waals surface area contributed by atoms with E-state index >= 15 is 0 Å². The maximum Gasteiger partial charge on any atom is 0.257 e. The van der Waals surface area contributed by atoms with Crippen LogP contribution in [0.5, 0.6) is 0 Å². The third-order valence-corrected chi connectivity index (χ3v) is 6.04. The van der Waals surface area contributed by atoms with E-state index in [4.69, 9.17) is 4.74 Å². The first kappa shape index (κ1) is 20.9. The fourth-order valence-electron chi connectivity index (χ4n) is 3.49. The van der Waals surface area contributed by atoms with Crippen molar-refractivity contribution in [3.8, 4) is 0 Å². The van der Waals surface area contributed by atoms with Crippen molar-refractivity contribution in [2.45, 2.75) is 58.3 Å².